The van der Waals surface area contributed by atoms with Crippen molar-refractivity contribution in [2.45, 2.75) is 12.5 Å². The average Bonchev–Trinajstić information content (AvgIpc) is 3.43. The molecule has 2 aliphatic carbocycles. The molecule has 0 radical (unpaired) electrons. The summed E-state index contributed by atoms with van der Waals surface area (Å²) >= 11 is 0. The molecule has 3 aliphatic rings. The molecule has 31 heavy (non-hydrogen) atoms. The van der Waals surface area contributed by atoms with E-state index in [-0.39, 0.29) is 47.3 Å². The van der Waals surface area contributed by atoms with Gasteiger partial charge in [0.2, 0.25) is 11.8 Å². The number of aliphatic imine (C=N–C) groups is 1. The molecule has 0 spiro atoms. The van der Waals surface area contributed by atoms with Gasteiger partial charge < -0.3 is 15.5 Å². The van der Waals surface area contributed by atoms with E-state index in [1.807, 2.05) is 14.1 Å². The van der Waals surface area contributed by atoms with Gasteiger partial charge >= 0.3 is 0 Å². The fraction of sp³-hybridized carbons (Fsp3) is 0.522. The summed E-state index contributed by atoms with van der Waals surface area (Å²) in [7, 11) is 5.61. The summed E-state index contributed by atoms with van der Waals surface area (Å²) in [6.45, 7) is 1.33. The molecule has 166 valence electrons. The van der Waals surface area contributed by atoms with Gasteiger partial charge in [0.05, 0.1) is 17.9 Å². The van der Waals surface area contributed by atoms with Crippen molar-refractivity contribution in [3.05, 3.63) is 47.8 Å². The molecule has 4 rings (SSSR count). The lowest BCUT2D eigenvalue weighted by Crippen LogP contribution is -2.45. The number of imide groups is 1. The molecule has 1 aromatic rings. The topological polar surface area (TPSA) is 77.0 Å². The molecule has 0 aromatic heterocycles. The highest BCUT2D eigenvalue weighted by atomic mass is 19.1. The number of rotatable bonds is 7. The zero-order chi connectivity index (χ0) is 22.1. The molecule has 1 saturated heterocycles. The van der Waals surface area contributed by atoms with Crippen LogP contribution in [0.3, 0.4) is 0 Å². The minimum absolute atomic E-state index is 0.0272. The molecule has 2 N–H and O–H groups in total. The van der Waals surface area contributed by atoms with Gasteiger partial charge in [-0.15, -0.1) is 0 Å². The smallest absolute Gasteiger partial charge is 0.233 e. The Morgan fingerprint density at radius 3 is 2.29 bits per heavy atom. The van der Waals surface area contributed by atoms with Crippen molar-refractivity contribution in [3.63, 3.8) is 0 Å². The normalized spacial score (nSPS) is 27.9. The lowest BCUT2D eigenvalue weighted by atomic mass is 9.85. The minimum Gasteiger partial charge on any atom is -0.355 e. The van der Waals surface area contributed by atoms with Crippen molar-refractivity contribution in [2.75, 3.05) is 40.8 Å². The van der Waals surface area contributed by atoms with Gasteiger partial charge in [-0.3, -0.25) is 19.5 Å². The van der Waals surface area contributed by atoms with Gasteiger partial charge in [-0.05, 0) is 50.0 Å². The summed E-state index contributed by atoms with van der Waals surface area (Å²) in [5.41, 5.74) is 0.998. The van der Waals surface area contributed by atoms with Crippen LogP contribution in [0, 0.1) is 29.5 Å². The second kappa shape index (κ2) is 8.78. The number of fused-ring (bicyclic) bond motifs is 5. The molecule has 1 saturated carbocycles. The number of nitrogens with zero attached hydrogens (tertiary/aromatic N) is 3. The van der Waals surface area contributed by atoms with Crippen molar-refractivity contribution in [3.8, 4) is 0 Å². The van der Waals surface area contributed by atoms with E-state index in [4.69, 9.17) is 0 Å². The third kappa shape index (κ3) is 4.08. The molecular weight excluding hydrogens is 397 g/mol. The highest BCUT2D eigenvalue weighted by Crippen LogP contribution is 2.52. The monoisotopic (exact) mass is 427 g/mol. The summed E-state index contributed by atoms with van der Waals surface area (Å²) in [6.07, 6.45) is 5.15. The lowest BCUT2D eigenvalue weighted by Gasteiger charge is -2.26. The van der Waals surface area contributed by atoms with Crippen molar-refractivity contribution in [2.24, 2.45) is 28.7 Å². The maximum atomic E-state index is 13.2. The number of likely N-dealkylation sites (N-methyl/N-ethyl adjacent to an activating group) is 1. The van der Waals surface area contributed by atoms with Crippen LogP contribution in [-0.2, 0) is 9.59 Å². The van der Waals surface area contributed by atoms with E-state index in [0.717, 1.165) is 12.0 Å². The van der Waals surface area contributed by atoms with E-state index in [0.29, 0.717) is 25.6 Å². The van der Waals surface area contributed by atoms with Gasteiger partial charge in [-0.1, -0.05) is 24.3 Å². The first-order valence-corrected chi connectivity index (χ1v) is 10.8. The van der Waals surface area contributed by atoms with Crippen LogP contribution >= 0.6 is 0 Å². The van der Waals surface area contributed by atoms with Crippen molar-refractivity contribution in [1.29, 1.82) is 0 Å². The Hall–Kier alpha value is -2.74. The zero-order valence-electron chi connectivity index (χ0n) is 18.2. The highest BCUT2D eigenvalue weighted by molar-refractivity contribution is 6.06. The Balaban J connectivity index is 1.28. The van der Waals surface area contributed by atoms with Crippen molar-refractivity contribution in [1.82, 2.24) is 20.4 Å². The molecule has 7 nitrogen and oxygen atoms in total. The number of amides is 2. The van der Waals surface area contributed by atoms with Gasteiger partial charge in [0.15, 0.2) is 5.96 Å². The second-order valence-corrected chi connectivity index (χ2v) is 8.74. The molecule has 8 heteroatoms. The molecular formula is C23H30FN5O2. The molecule has 1 heterocycles. The Labute approximate surface area is 182 Å². The van der Waals surface area contributed by atoms with Gasteiger partial charge in [0.1, 0.15) is 5.82 Å². The molecule has 1 aromatic carbocycles. The van der Waals surface area contributed by atoms with Gasteiger partial charge in [-0.2, -0.15) is 0 Å². The Kier molecular flexibility index (Phi) is 6.09. The summed E-state index contributed by atoms with van der Waals surface area (Å²) < 4.78 is 13.2. The van der Waals surface area contributed by atoms with Crippen LogP contribution in [0.4, 0.5) is 4.39 Å². The molecule has 2 amide bonds. The largest absolute Gasteiger partial charge is 0.355 e. The van der Waals surface area contributed by atoms with Crippen LogP contribution in [-0.4, -0.2) is 68.4 Å². The number of nitrogens with one attached hydrogen (secondary N) is 2. The number of carbonyl (C=O) groups excluding carboxylic acids is 2. The molecule has 2 bridgehead atoms. The fourth-order valence-corrected chi connectivity index (χ4v) is 5.17. The average molecular weight is 428 g/mol. The summed E-state index contributed by atoms with van der Waals surface area (Å²) in [5, 5.41) is 6.48. The first-order chi connectivity index (χ1) is 14.9. The number of allylic oxidation sites excluding steroid dienone is 2. The van der Waals surface area contributed by atoms with Crippen LogP contribution in [0.25, 0.3) is 0 Å². The zero-order valence-corrected chi connectivity index (χ0v) is 18.2. The standard InChI is InChI=1S/C23H30FN5O2/c1-25-23(27-13-18(28(2)3)14-6-8-17(24)9-7-14)26-10-11-29-21(30)19-15-4-5-16(12-15)20(19)22(29)31/h4-9,15-16,18-20H,10-13H2,1-3H3,(H2,25,26,27). The highest BCUT2D eigenvalue weighted by Gasteiger charge is 2.58. The molecule has 1 aliphatic heterocycles. The minimum atomic E-state index is -0.259. The van der Waals surface area contributed by atoms with Crippen LogP contribution in [0.5, 0.6) is 0 Å². The summed E-state index contributed by atoms with van der Waals surface area (Å²) in [5.74, 6) is 0.427. The van der Waals surface area contributed by atoms with E-state index in [2.05, 4.69) is 32.7 Å². The van der Waals surface area contributed by atoms with Crippen molar-refractivity contribution < 1.29 is 14.0 Å². The third-order valence-electron chi connectivity index (χ3n) is 6.75. The third-order valence-corrected chi connectivity index (χ3v) is 6.75. The SMILES string of the molecule is CN=C(NCCN1C(=O)C2C3C=CC(C3)C2C1=O)NCC(c1ccc(F)cc1)N(C)C. The predicted molar refractivity (Wildman–Crippen MR) is 117 cm³/mol. The second-order valence-electron chi connectivity index (χ2n) is 8.74. The number of benzene rings is 1. The van der Waals surface area contributed by atoms with Gasteiger partial charge in [0.25, 0.3) is 0 Å². The predicted octanol–water partition coefficient (Wildman–Crippen LogP) is 1.40. The molecule has 5 unspecified atom stereocenters. The van der Waals surface area contributed by atoms with E-state index in [9.17, 15) is 14.0 Å². The number of likely N-dealkylation sites (tertiary alicyclic amines) is 1. The Bertz CT molecular complexity index is 868. The van der Waals surface area contributed by atoms with Gasteiger partial charge in [-0.25, -0.2) is 4.39 Å². The van der Waals surface area contributed by atoms with Crippen molar-refractivity contribution >= 4 is 17.8 Å². The molecule has 2 fully saturated rings. The summed E-state index contributed by atoms with van der Waals surface area (Å²) in [4.78, 5) is 33.2. The van der Waals surface area contributed by atoms with E-state index >= 15 is 0 Å². The number of halogens is 1. The fourth-order valence-electron chi connectivity index (χ4n) is 5.17. The molecule has 5 atom stereocenters. The quantitative estimate of drug-likeness (QED) is 0.298. The number of carbonyl (C=O) groups is 2. The lowest BCUT2D eigenvalue weighted by molar-refractivity contribution is -0.140. The number of guanidine groups is 1. The van der Waals surface area contributed by atoms with E-state index in [1.54, 1.807) is 19.2 Å². The first-order valence-electron chi connectivity index (χ1n) is 10.8. The van der Waals surface area contributed by atoms with Crippen LogP contribution in [0.15, 0.2) is 41.4 Å². The maximum Gasteiger partial charge on any atom is 0.233 e. The van der Waals surface area contributed by atoms with Gasteiger partial charge in [0, 0.05) is 26.7 Å². The Morgan fingerprint density at radius 1 is 1.13 bits per heavy atom. The summed E-state index contributed by atoms with van der Waals surface area (Å²) in [6, 6.07) is 6.51. The van der Waals surface area contributed by atoms with Crippen LogP contribution in [0.2, 0.25) is 0 Å². The van der Waals surface area contributed by atoms with Crippen LogP contribution < -0.4 is 10.6 Å². The maximum absolute atomic E-state index is 13.2. The Morgan fingerprint density at radius 2 is 1.74 bits per heavy atom. The van der Waals surface area contributed by atoms with E-state index < -0.39 is 0 Å². The van der Waals surface area contributed by atoms with Crippen LogP contribution in [0.1, 0.15) is 18.0 Å². The first kappa shape index (κ1) is 21.5. The number of hydrogen-bond acceptors (Lipinski definition) is 4. The number of hydrogen-bond donors (Lipinski definition) is 2. The van der Waals surface area contributed by atoms with E-state index in [1.165, 1.54) is 17.0 Å².